The number of aryl methyl sites for hydroxylation is 1. The van der Waals surface area contributed by atoms with Crippen molar-refractivity contribution in [1.29, 1.82) is 0 Å². The highest BCUT2D eigenvalue weighted by atomic mass is 19.3. The van der Waals surface area contributed by atoms with Gasteiger partial charge >= 0.3 is 6.61 Å². The van der Waals surface area contributed by atoms with Crippen LogP contribution in [0, 0.1) is 6.92 Å². The number of hydrogen-bond acceptors (Lipinski definition) is 5. The minimum atomic E-state index is -2.92. The van der Waals surface area contributed by atoms with Crippen molar-refractivity contribution in [3.8, 4) is 11.5 Å². The topological polar surface area (TPSA) is 83.0 Å². The number of anilines is 1. The van der Waals surface area contributed by atoms with Crippen molar-refractivity contribution in [2.75, 3.05) is 5.32 Å². The Balaban J connectivity index is 1.99. The lowest BCUT2D eigenvalue weighted by Gasteiger charge is -2.17. The second-order valence-electron chi connectivity index (χ2n) is 5.76. The number of hydrazone groups is 1. The standard InChI is InChI=1S/C19H21F2N3O3/c1-3-16(23-14-8-5-9-15(10-14)27-19(20)21)18(26)24-22-11-13-7-4-6-12(2)17(13)25/h4-11,16,19,23,25H,3H2,1-2H3,(H,24,26). The molecule has 6 nitrogen and oxygen atoms in total. The Kier molecular flexibility index (Phi) is 7.10. The lowest BCUT2D eigenvalue weighted by Crippen LogP contribution is -2.36. The van der Waals surface area contributed by atoms with E-state index in [0.29, 0.717) is 23.2 Å². The highest BCUT2D eigenvalue weighted by Crippen LogP contribution is 2.21. The SMILES string of the molecule is CCC(Nc1cccc(OC(F)F)c1)C(=O)NN=Cc1cccc(C)c1O. The molecular formula is C19H21F2N3O3. The van der Waals surface area contributed by atoms with Crippen LogP contribution in [-0.2, 0) is 4.79 Å². The predicted octanol–water partition coefficient (Wildman–Crippen LogP) is 3.64. The Labute approximate surface area is 155 Å². The number of carbonyl (C=O) groups excluding carboxylic acids is 1. The Morgan fingerprint density at radius 1 is 1.30 bits per heavy atom. The summed E-state index contributed by atoms with van der Waals surface area (Å²) in [7, 11) is 0. The summed E-state index contributed by atoms with van der Waals surface area (Å²) >= 11 is 0. The summed E-state index contributed by atoms with van der Waals surface area (Å²) in [6, 6.07) is 10.5. The quantitative estimate of drug-likeness (QED) is 0.484. The van der Waals surface area contributed by atoms with Gasteiger partial charge in [-0.25, -0.2) is 5.43 Å². The average molecular weight is 377 g/mol. The number of phenols is 1. The zero-order valence-electron chi connectivity index (χ0n) is 14.9. The van der Waals surface area contributed by atoms with Crippen LogP contribution in [0.3, 0.4) is 0 Å². The second-order valence-corrected chi connectivity index (χ2v) is 5.76. The first-order valence-electron chi connectivity index (χ1n) is 8.33. The van der Waals surface area contributed by atoms with Gasteiger partial charge in [0.1, 0.15) is 17.5 Å². The molecule has 27 heavy (non-hydrogen) atoms. The molecule has 0 aliphatic heterocycles. The molecule has 1 unspecified atom stereocenters. The molecule has 8 heteroatoms. The van der Waals surface area contributed by atoms with Gasteiger partial charge in [-0.1, -0.05) is 25.1 Å². The summed E-state index contributed by atoms with van der Waals surface area (Å²) < 4.78 is 28.9. The van der Waals surface area contributed by atoms with E-state index in [-0.39, 0.29) is 11.5 Å². The number of carbonyl (C=O) groups is 1. The van der Waals surface area contributed by atoms with Crippen LogP contribution in [0.4, 0.5) is 14.5 Å². The van der Waals surface area contributed by atoms with Gasteiger partial charge in [0.05, 0.1) is 6.21 Å². The van der Waals surface area contributed by atoms with Crippen molar-refractivity contribution < 1.29 is 23.4 Å². The largest absolute Gasteiger partial charge is 0.507 e. The molecule has 2 aromatic rings. The highest BCUT2D eigenvalue weighted by molar-refractivity contribution is 5.88. The van der Waals surface area contributed by atoms with E-state index >= 15 is 0 Å². The van der Waals surface area contributed by atoms with Gasteiger partial charge in [-0.2, -0.15) is 13.9 Å². The first kappa shape index (κ1) is 20.2. The first-order chi connectivity index (χ1) is 12.9. The molecule has 0 fully saturated rings. The van der Waals surface area contributed by atoms with Gasteiger partial charge in [0.2, 0.25) is 0 Å². The lowest BCUT2D eigenvalue weighted by atomic mass is 10.1. The minimum absolute atomic E-state index is 0.00166. The van der Waals surface area contributed by atoms with Crippen molar-refractivity contribution in [1.82, 2.24) is 5.43 Å². The number of ether oxygens (including phenoxy) is 1. The summed E-state index contributed by atoms with van der Waals surface area (Å²) in [6.45, 7) is 0.638. The summed E-state index contributed by atoms with van der Waals surface area (Å²) in [6.07, 6.45) is 1.79. The molecule has 0 aliphatic rings. The molecule has 144 valence electrons. The van der Waals surface area contributed by atoms with Crippen LogP contribution in [0.5, 0.6) is 11.5 Å². The van der Waals surface area contributed by atoms with Crippen molar-refractivity contribution in [3.63, 3.8) is 0 Å². The Hall–Kier alpha value is -3.16. The number of phenolic OH excluding ortho intramolecular Hbond substituents is 1. The van der Waals surface area contributed by atoms with Crippen LogP contribution in [0.2, 0.25) is 0 Å². The van der Waals surface area contributed by atoms with E-state index in [0.717, 1.165) is 0 Å². The van der Waals surface area contributed by atoms with Gasteiger partial charge < -0.3 is 15.2 Å². The molecule has 1 atom stereocenters. The number of nitrogens with zero attached hydrogens (tertiary/aromatic N) is 1. The van der Waals surface area contributed by atoms with Gasteiger partial charge in [0.15, 0.2) is 0 Å². The van der Waals surface area contributed by atoms with E-state index in [1.54, 1.807) is 44.2 Å². The third-order valence-corrected chi connectivity index (χ3v) is 3.77. The molecular weight excluding hydrogens is 356 g/mol. The van der Waals surface area contributed by atoms with Crippen molar-refractivity contribution >= 4 is 17.8 Å². The van der Waals surface area contributed by atoms with E-state index < -0.39 is 18.6 Å². The van der Waals surface area contributed by atoms with Crippen molar-refractivity contribution in [3.05, 3.63) is 53.6 Å². The van der Waals surface area contributed by atoms with E-state index in [4.69, 9.17) is 0 Å². The average Bonchev–Trinajstić information content (AvgIpc) is 2.63. The van der Waals surface area contributed by atoms with Gasteiger partial charge in [0, 0.05) is 17.3 Å². The molecule has 0 bridgehead atoms. The molecule has 0 aliphatic carbocycles. The minimum Gasteiger partial charge on any atom is -0.507 e. The monoisotopic (exact) mass is 377 g/mol. The van der Waals surface area contributed by atoms with Crippen LogP contribution in [0.15, 0.2) is 47.6 Å². The summed E-state index contributed by atoms with van der Waals surface area (Å²) in [4.78, 5) is 12.3. The molecule has 0 heterocycles. The van der Waals surface area contributed by atoms with Crippen molar-refractivity contribution in [2.24, 2.45) is 5.10 Å². The molecule has 2 aromatic carbocycles. The smallest absolute Gasteiger partial charge is 0.387 e. The number of rotatable bonds is 8. The maximum atomic E-state index is 12.3. The number of halogens is 2. The number of amides is 1. The third kappa shape index (κ3) is 5.95. The summed E-state index contributed by atoms with van der Waals surface area (Å²) in [5.74, 6) is -0.309. The lowest BCUT2D eigenvalue weighted by molar-refractivity contribution is -0.121. The van der Waals surface area contributed by atoms with Crippen LogP contribution in [0.1, 0.15) is 24.5 Å². The Bertz CT molecular complexity index is 813. The molecule has 1 amide bonds. The van der Waals surface area contributed by atoms with E-state index in [1.807, 2.05) is 0 Å². The van der Waals surface area contributed by atoms with Gasteiger partial charge in [-0.15, -0.1) is 0 Å². The molecule has 0 spiro atoms. The van der Waals surface area contributed by atoms with Crippen LogP contribution in [0.25, 0.3) is 0 Å². The fraction of sp³-hybridized carbons (Fsp3) is 0.263. The molecule has 0 radical (unpaired) electrons. The molecule has 0 saturated carbocycles. The van der Waals surface area contributed by atoms with Crippen molar-refractivity contribution in [2.45, 2.75) is 32.9 Å². The number of benzene rings is 2. The van der Waals surface area contributed by atoms with Gasteiger partial charge in [-0.05, 0) is 37.1 Å². The molecule has 2 rings (SSSR count). The number of hydrogen-bond donors (Lipinski definition) is 3. The van der Waals surface area contributed by atoms with Crippen LogP contribution >= 0.6 is 0 Å². The molecule has 0 saturated heterocycles. The molecule has 3 N–H and O–H groups in total. The fourth-order valence-corrected chi connectivity index (χ4v) is 2.35. The summed E-state index contributed by atoms with van der Waals surface area (Å²) in [5, 5.41) is 16.7. The van der Waals surface area contributed by atoms with E-state index in [2.05, 4.69) is 20.6 Å². The maximum Gasteiger partial charge on any atom is 0.387 e. The zero-order chi connectivity index (χ0) is 19.8. The third-order valence-electron chi connectivity index (χ3n) is 3.77. The predicted molar refractivity (Wildman–Crippen MR) is 99.4 cm³/mol. The number of aromatic hydroxyl groups is 1. The first-order valence-corrected chi connectivity index (χ1v) is 8.33. The fourth-order valence-electron chi connectivity index (χ4n) is 2.35. The van der Waals surface area contributed by atoms with Crippen LogP contribution in [-0.4, -0.2) is 29.9 Å². The van der Waals surface area contributed by atoms with Crippen LogP contribution < -0.4 is 15.5 Å². The van der Waals surface area contributed by atoms with E-state index in [9.17, 15) is 18.7 Å². The summed E-state index contributed by atoms with van der Waals surface area (Å²) in [5.41, 5.74) is 4.05. The molecule has 0 aromatic heterocycles. The van der Waals surface area contributed by atoms with E-state index in [1.165, 1.54) is 18.3 Å². The zero-order valence-corrected chi connectivity index (χ0v) is 14.9. The number of para-hydroxylation sites is 1. The second kappa shape index (κ2) is 9.51. The Morgan fingerprint density at radius 3 is 2.74 bits per heavy atom. The number of nitrogens with one attached hydrogen (secondary N) is 2. The van der Waals surface area contributed by atoms with Gasteiger partial charge in [0.25, 0.3) is 5.91 Å². The highest BCUT2D eigenvalue weighted by Gasteiger charge is 2.16. The van der Waals surface area contributed by atoms with Gasteiger partial charge in [-0.3, -0.25) is 4.79 Å². The normalized spacial score (nSPS) is 12.2. The Morgan fingerprint density at radius 2 is 2.04 bits per heavy atom. The maximum absolute atomic E-state index is 12.3. The number of alkyl halides is 2.